The van der Waals surface area contributed by atoms with Crippen LogP contribution in [0.1, 0.15) is 22.5 Å². The van der Waals surface area contributed by atoms with Crippen LogP contribution in [0.3, 0.4) is 0 Å². The van der Waals surface area contributed by atoms with Gasteiger partial charge in [-0.25, -0.2) is 0 Å². The Labute approximate surface area is 242 Å². The van der Waals surface area contributed by atoms with Crippen molar-refractivity contribution in [1.82, 2.24) is 9.47 Å². The second-order valence-corrected chi connectivity index (χ2v) is 11.9. The van der Waals surface area contributed by atoms with Gasteiger partial charge < -0.3 is 4.57 Å². The van der Waals surface area contributed by atoms with Gasteiger partial charge >= 0.3 is 0 Å². The molecule has 0 saturated carbocycles. The standard InChI is InChI=1S/C29H22BrN3O4S2/c1-18-15-21(16-27-28(34)31(29(35)39-27)17-20-5-3-4-6-26(20)30)19(2)32(18)22-7-11-24(12-8-22)38-25-13-9-23(10-14-25)33(36)37/h3-16H,17H2,1-2H3/b27-16-. The van der Waals surface area contributed by atoms with Crippen LogP contribution in [0.15, 0.2) is 98.0 Å². The molecule has 7 nitrogen and oxygen atoms in total. The van der Waals surface area contributed by atoms with Gasteiger partial charge in [0.1, 0.15) is 0 Å². The molecule has 0 aliphatic carbocycles. The van der Waals surface area contributed by atoms with E-state index in [9.17, 15) is 19.7 Å². The Bertz CT molecular complexity index is 1630. The zero-order chi connectivity index (χ0) is 27.7. The molecule has 39 heavy (non-hydrogen) atoms. The number of carbonyl (C=O) groups is 2. The average molecular weight is 621 g/mol. The number of thioether (sulfide) groups is 1. The van der Waals surface area contributed by atoms with Gasteiger partial charge in [-0.05, 0) is 91.3 Å². The van der Waals surface area contributed by atoms with E-state index < -0.39 is 4.92 Å². The second-order valence-electron chi connectivity index (χ2n) is 8.87. The van der Waals surface area contributed by atoms with Crippen LogP contribution in [0.2, 0.25) is 0 Å². The molecule has 0 radical (unpaired) electrons. The molecule has 0 N–H and O–H groups in total. The number of rotatable bonds is 7. The normalized spacial score (nSPS) is 14.4. The first-order chi connectivity index (χ1) is 18.7. The van der Waals surface area contributed by atoms with Gasteiger partial charge in [0.25, 0.3) is 16.8 Å². The Balaban J connectivity index is 1.34. The van der Waals surface area contributed by atoms with Gasteiger partial charge in [-0.2, -0.15) is 0 Å². The Morgan fingerprint density at radius 3 is 2.26 bits per heavy atom. The fourth-order valence-corrected chi connectivity index (χ4v) is 6.40. The number of imide groups is 1. The Kier molecular flexibility index (Phi) is 7.79. The summed E-state index contributed by atoms with van der Waals surface area (Å²) in [7, 11) is 0. The molecule has 1 aliphatic rings. The first kappa shape index (κ1) is 27.0. The summed E-state index contributed by atoms with van der Waals surface area (Å²) in [5.74, 6) is -0.293. The maximum atomic E-state index is 13.1. The highest BCUT2D eigenvalue weighted by atomic mass is 79.9. The molecule has 0 spiro atoms. The van der Waals surface area contributed by atoms with Crippen molar-refractivity contribution in [3.8, 4) is 5.69 Å². The zero-order valence-corrected chi connectivity index (χ0v) is 24.2. The third kappa shape index (κ3) is 5.73. The molecule has 1 aromatic heterocycles. The van der Waals surface area contributed by atoms with Gasteiger partial charge in [0.2, 0.25) is 0 Å². The van der Waals surface area contributed by atoms with Gasteiger partial charge in [0.15, 0.2) is 0 Å². The van der Waals surface area contributed by atoms with E-state index in [1.165, 1.54) is 28.8 Å². The van der Waals surface area contributed by atoms with Crippen molar-refractivity contribution in [2.75, 3.05) is 0 Å². The second kappa shape index (κ2) is 11.3. The topological polar surface area (TPSA) is 85.5 Å². The van der Waals surface area contributed by atoms with Gasteiger partial charge in [-0.15, -0.1) is 0 Å². The summed E-state index contributed by atoms with van der Waals surface area (Å²) < 4.78 is 2.96. The van der Waals surface area contributed by atoms with Crippen LogP contribution in [-0.4, -0.2) is 25.5 Å². The summed E-state index contributed by atoms with van der Waals surface area (Å²) in [6.07, 6.45) is 1.79. The molecule has 4 aromatic rings. The molecule has 1 saturated heterocycles. The number of amides is 2. The largest absolute Gasteiger partial charge is 0.318 e. The van der Waals surface area contributed by atoms with Crippen molar-refractivity contribution in [3.05, 3.63) is 121 Å². The van der Waals surface area contributed by atoms with Crippen LogP contribution < -0.4 is 0 Å². The predicted octanol–water partition coefficient (Wildman–Crippen LogP) is 8.15. The lowest BCUT2D eigenvalue weighted by Crippen LogP contribution is -2.27. The molecule has 10 heteroatoms. The van der Waals surface area contributed by atoms with Gasteiger partial charge in [0.05, 0.1) is 16.4 Å². The van der Waals surface area contributed by atoms with E-state index in [-0.39, 0.29) is 23.4 Å². The number of non-ortho nitro benzene ring substituents is 1. The molecule has 5 rings (SSSR count). The Hall–Kier alpha value is -3.60. The van der Waals surface area contributed by atoms with Crippen LogP contribution in [0.4, 0.5) is 10.5 Å². The first-order valence-corrected chi connectivity index (χ1v) is 14.3. The van der Waals surface area contributed by atoms with Crippen LogP contribution >= 0.6 is 39.5 Å². The molecule has 3 aromatic carbocycles. The third-order valence-electron chi connectivity index (χ3n) is 6.29. The summed E-state index contributed by atoms with van der Waals surface area (Å²) >= 11 is 5.97. The zero-order valence-electron chi connectivity index (χ0n) is 21.0. The van der Waals surface area contributed by atoms with E-state index in [4.69, 9.17) is 0 Å². The third-order valence-corrected chi connectivity index (χ3v) is 8.99. The van der Waals surface area contributed by atoms with E-state index in [0.717, 1.165) is 54.2 Å². The number of carbonyl (C=O) groups excluding carboxylic acids is 2. The number of aromatic nitrogens is 1. The van der Waals surface area contributed by atoms with E-state index >= 15 is 0 Å². The number of halogens is 1. The van der Waals surface area contributed by atoms with Crippen LogP contribution in [0.5, 0.6) is 0 Å². The first-order valence-electron chi connectivity index (χ1n) is 11.9. The summed E-state index contributed by atoms with van der Waals surface area (Å²) in [5, 5.41) is 10.6. The summed E-state index contributed by atoms with van der Waals surface area (Å²) in [5.41, 5.74) is 4.75. The molecule has 0 unspecified atom stereocenters. The molecule has 1 fully saturated rings. The molecule has 0 bridgehead atoms. The minimum Gasteiger partial charge on any atom is -0.318 e. The molecule has 2 amide bonds. The quantitative estimate of drug-likeness (QED) is 0.118. The number of hydrogen-bond acceptors (Lipinski definition) is 6. The molecule has 196 valence electrons. The van der Waals surface area contributed by atoms with Crippen molar-refractivity contribution in [2.24, 2.45) is 0 Å². The molecular weight excluding hydrogens is 598 g/mol. The fraction of sp³-hybridized carbons (Fsp3) is 0.103. The van der Waals surface area contributed by atoms with Crippen LogP contribution in [-0.2, 0) is 11.3 Å². The molecule has 1 aliphatic heterocycles. The van der Waals surface area contributed by atoms with Gasteiger partial charge in [-0.1, -0.05) is 45.9 Å². The minimum absolute atomic E-state index is 0.0677. The lowest BCUT2D eigenvalue weighted by atomic mass is 10.2. The lowest BCUT2D eigenvalue weighted by Gasteiger charge is -2.13. The Morgan fingerprint density at radius 2 is 1.62 bits per heavy atom. The predicted molar refractivity (Wildman–Crippen MR) is 158 cm³/mol. The number of nitro benzene ring substituents is 1. The van der Waals surface area contributed by atoms with Crippen molar-refractivity contribution < 1.29 is 14.5 Å². The molecule has 2 heterocycles. The minimum atomic E-state index is -0.409. The van der Waals surface area contributed by atoms with E-state index in [1.807, 2.05) is 68.4 Å². The SMILES string of the molecule is Cc1cc(/C=C2\SC(=O)N(Cc3ccccc3Br)C2=O)c(C)n1-c1ccc(Sc2ccc([N+](=O)[O-])cc2)cc1. The monoisotopic (exact) mass is 619 g/mol. The summed E-state index contributed by atoms with van der Waals surface area (Å²) in [6, 6.07) is 24.1. The molecule has 0 atom stereocenters. The highest BCUT2D eigenvalue weighted by molar-refractivity contribution is 9.10. The smallest absolute Gasteiger partial charge is 0.293 e. The maximum absolute atomic E-state index is 13.1. The van der Waals surface area contributed by atoms with E-state index in [2.05, 4.69) is 20.5 Å². The number of benzene rings is 3. The highest BCUT2D eigenvalue weighted by Gasteiger charge is 2.35. The van der Waals surface area contributed by atoms with Gasteiger partial charge in [0, 0.05) is 43.5 Å². The summed E-state index contributed by atoms with van der Waals surface area (Å²) in [4.78, 5) is 39.8. The van der Waals surface area contributed by atoms with E-state index in [0.29, 0.717) is 4.91 Å². The number of nitro groups is 1. The van der Waals surface area contributed by atoms with Crippen molar-refractivity contribution >= 4 is 62.4 Å². The lowest BCUT2D eigenvalue weighted by molar-refractivity contribution is -0.384. The number of nitrogens with zero attached hydrogens (tertiary/aromatic N) is 3. The summed E-state index contributed by atoms with van der Waals surface area (Å²) in [6.45, 7) is 4.21. The van der Waals surface area contributed by atoms with Crippen LogP contribution in [0, 0.1) is 24.0 Å². The number of aryl methyl sites for hydroxylation is 1. The average Bonchev–Trinajstić information content (AvgIpc) is 3.34. The van der Waals surface area contributed by atoms with Crippen molar-refractivity contribution in [2.45, 2.75) is 30.2 Å². The van der Waals surface area contributed by atoms with Gasteiger partial charge in [-0.3, -0.25) is 24.6 Å². The van der Waals surface area contributed by atoms with E-state index in [1.54, 1.807) is 18.2 Å². The number of hydrogen-bond donors (Lipinski definition) is 0. The maximum Gasteiger partial charge on any atom is 0.293 e. The fourth-order valence-electron chi connectivity index (χ4n) is 4.34. The Morgan fingerprint density at radius 1 is 0.974 bits per heavy atom. The van der Waals surface area contributed by atoms with Crippen molar-refractivity contribution in [1.29, 1.82) is 0 Å². The van der Waals surface area contributed by atoms with Crippen LogP contribution in [0.25, 0.3) is 11.8 Å². The molecular formula is C29H22BrN3O4S2. The highest BCUT2D eigenvalue weighted by Crippen LogP contribution is 2.36. The van der Waals surface area contributed by atoms with Crippen molar-refractivity contribution in [3.63, 3.8) is 0 Å².